The first kappa shape index (κ1) is 87.9. The Kier molecular flexibility index (Phi) is 68.8. The largest absolute Gasteiger partial charge is 0.756 e. The highest BCUT2D eigenvalue weighted by molar-refractivity contribution is 7.45. The zero-order chi connectivity index (χ0) is 66.2. The maximum absolute atomic E-state index is 13.1. The Morgan fingerprint density at radius 2 is 0.670 bits per heavy atom. The van der Waals surface area contributed by atoms with E-state index in [1.165, 1.54) is 205 Å². The molecule has 0 fully saturated rings. The molecule has 0 aliphatic rings. The number of nitrogens with one attached hydrogen (secondary N) is 1. The van der Waals surface area contributed by atoms with Gasteiger partial charge < -0.3 is 28.8 Å². The molecule has 0 aliphatic carbocycles. The number of allylic oxidation sites excluding steroid dienone is 20. The van der Waals surface area contributed by atoms with Gasteiger partial charge in [-0.1, -0.05) is 367 Å². The van der Waals surface area contributed by atoms with Gasteiger partial charge in [-0.2, -0.15) is 0 Å². The predicted octanol–water partition coefficient (Wildman–Crippen LogP) is 24.5. The first-order chi connectivity index (χ1) is 44.5. The third-order valence-corrected chi connectivity index (χ3v) is 17.9. The number of rotatable bonds is 70. The predicted molar refractivity (Wildman–Crippen MR) is 399 cm³/mol. The van der Waals surface area contributed by atoms with Crippen molar-refractivity contribution in [2.45, 2.75) is 353 Å². The van der Waals surface area contributed by atoms with Gasteiger partial charge >= 0.3 is 0 Å². The molecular weight excluding hydrogens is 1140 g/mol. The first-order valence-electron chi connectivity index (χ1n) is 38.4. The van der Waals surface area contributed by atoms with Crippen molar-refractivity contribution < 1.29 is 32.9 Å². The molecule has 0 radical (unpaired) electrons. The number of unbranched alkanes of at least 4 members (excludes halogenated alkanes) is 37. The quantitative estimate of drug-likeness (QED) is 0.0272. The highest BCUT2D eigenvalue weighted by atomic mass is 31.2. The summed E-state index contributed by atoms with van der Waals surface area (Å²) in [6.07, 6.45) is 106. The summed E-state index contributed by atoms with van der Waals surface area (Å²) in [5.41, 5.74) is 0. The van der Waals surface area contributed by atoms with Crippen LogP contribution in [0.5, 0.6) is 0 Å². The summed E-state index contributed by atoms with van der Waals surface area (Å²) in [6.45, 7) is 4.64. The van der Waals surface area contributed by atoms with Crippen LogP contribution in [0.3, 0.4) is 0 Å². The molecule has 0 aliphatic heterocycles. The lowest BCUT2D eigenvalue weighted by atomic mass is 10.0. The van der Waals surface area contributed by atoms with Crippen molar-refractivity contribution in [2.75, 3.05) is 40.9 Å². The first-order valence-corrected chi connectivity index (χ1v) is 39.8. The molecule has 8 nitrogen and oxygen atoms in total. The van der Waals surface area contributed by atoms with Crippen molar-refractivity contribution in [1.82, 2.24) is 5.32 Å². The second kappa shape index (κ2) is 71.2. The number of nitrogens with zero attached hydrogens (tertiary/aromatic N) is 1. The topological polar surface area (TPSA) is 108 Å². The second-order valence-corrected chi connectivity index (χ2v) is 28.4. The van der Waals surface area contributed by atoms with Crippen LogP contribution < -0.4 is 10.2 Å². The summed E-state index contributed by atoms with van der Waals surface area (Å²) in [6, 6.07) is -0.813. The highest BCUT2D eigenvalue weighted by Crippen LogP contribution is 2.38. The van der Waals surface area contributed by atoms with Crippen molar-refractivity contribution in [3.63, 3.8) is 0 Å². The van der Waals surface area contributed by atoms with E-state index in [9.17, 15) is 19.4 Å². The molecule has 0 aromatic rings. The number of aliphatic hydroxyl groups is 1. The fraction of sp³-hybridized carbons (Fsp3) is 0.744. The zero-order valence-electron chi connectivity index (χ0n) is 60.3. The van der Waals surface area contributed by atoms with Crippen LogP contribution in [-0.2, 0) is 18.4 Å². The Balaban J connectivity index is 4.05. The molecule has 0 heterocycles. The van der Waals surface area contributed by atoms with E-state index in [1.807, 2.05) is 21.1 Å². The van der Waals surface area contributed by atoms with Gasteiger partial charge in [-0.05, 0) is 89.9 Å². The lowest BCUT2D eigenvalue weighted by Gasteiger charge is -2.30. The van der Waals surface area contributed by atoms with Crippen LogP contribution in [0, 0.1) is 0 Å². The number of phosphoric ester groups is 1. The SMILES string of the molecule is CC/C=C\C/C=C\C/C=C\C/C=C\C/C=C\C/C=C\C/C=C\C/C=C\C/C=C\C/C=C\CCCCCCCCCCCCC(=O)NC(COP(=O)([O-])OCC[N+](C)(C)C)C(O)CCCCCCCCCCCCCCCCCCCCCCCCCCCCCC. The number of quaternary nitrogens is 1. The Bertz CT molecular complexity index is 1900. The molecule has 0 aromatic carbocycles. The minimum Gasteiger partial charge on any atom is -0.756 e. The molecule has 3 unspecified atom stereocenters. The van der Waals surface area contributed by atoms with E-state index in [4.69, 9.17) is 9.05 Å². The van der Waals surface area contributed by atoms with Crippen LogP contribution in [-0.4, -0.2) is 68.5 Å². The lowest BCUT2D eigenvalue weighted by Crippen LogP contribution is -2.46. The standard InChI is InChI=1S/C82H147N2O6P/c1-6-8-10-12-14-16-18-20-22-24-26-28-30-32-34-36-37-38-39-40-41-42-43-44-45-46-47-48-50-52-54-56-58-60-62-64-66-68-70-72-74-76-82(86)83-80(79-90-91(87,88)89-78-77-84(3,4)5)81(85)75-73-71-69-67-65-63-61-59-57-55-53-51-49-35-33-31-29-27-25-23-21-19-17-15-13-11-9-7-2/h8,10,14,16,20,22,26,28,32,34,37-38,40-41,43-44,46-47,50,52,80-81,85H,6-7,9,11-13,15,17-19,21,23-25,27,29-31,33,35-36,39,42,45,48-49,51,53-79H2,1-5H3,(H-,83,86,87,88)/b10-8-,16-14-,22-20-,28-26-,34-32-,38-37-,41-40-,44-43-,47-46-,52-50-. The smallest absolute Gasteiger partial charge is 0.268 e. The van der Waals surface area contributed by atoms with Crippen molar-refractivity contribution in [3.8, 4) is 0 Å². The van der Waals surface area contributed by atoms with Crippen molar-refractivity contribution in [3.05, 3.63) is 122 Å². The normalized spacial score (nSPS) is 14.2. The van der Waals surface area contributed by atoms with E-state index >= 15 is 0 Å². The lowest BCUT2D eigenvalue weighted by molar-refractivity contribution is -0.870. The summed E-state index contributed by atoms with van der Waals surface area (Å²) < 4.78 is 23.6. The minimum absolute atomic E-state index is 0.00718. The van der Waals surface area contributed by atoms with Crippen LogP contribution in [0.25, 0.3) is 0 Å². The number of aliphatic hydroxyl groups excluding tert-OH is 1. The molecule has 9 heteroatoms. The molecule has 3 atom stereocenters. The molecule has 0 rings (SSSR count). The maximum Gasteiger partial charge on any atom is 0.268 e. The van der Waals surface area contributed by atoms with Gasteiger partial charge in [0, 0.05) is 6.42 Å². The number of hydrogen-bond acceptors (Lipinski definition) is 6. The average Bonchev–Trinajstić information content (AvgIpc) is 3.59. The van der Waals surface area contributed by atoms with Crippen LogP contribution in [0.2, 0.25) is 0 Å². The van der Waals surface area contributed by atoms with Crippen LogP contribution in [0.4, 0.5) is 0 Å². The monoisotopic (exact) mass is 1290 g/mol. The van der Waals surface area contributed by atoms with E-state index in [0.717, 1.165) is 109 Å². The van der Waals surface area contributed by atoms with Gasteiger partial charge in [0.1, 0.15) is 13.2 Å². The average molecular weight is 1290 g/mol. The van der Waals surface area contributed by atoms with Gasteiger partial charge in [-0.3, -0.25) is 9.36 Å². The van der Waals surface area contributed by atoms with Gasteiger partial charge in [0.25, 0.3) is 7.82 Å². The molecular formula is C82H147N2O6P. The number of hydrogen-bond donors (Lipinski definition) is 2. The summed E-state index contributed by atoms with van der Waals surface area (Å²) in [5, 5.41) is 14.1. The number of amides is 1. The molecule has 0 bridgehead atoms. The number of carbonyl (C=O) groups excluding carboxylic acids is 1. The van der Waals surface area contributed by atoms with Crippen molar-refractivity contribution in [2.24, 2.45) is 0 Å². The molecule has 91 heavy (non-hydrogen) atoms. The number of phosphoric acid groups is 1. The third-order valence-electron chi connectivity index (χ3n) is 17.0. The fourth-order valence-corrected chi connectivity index (χ4v) is 11.8. The Morgan fingerprint density at radius 1 is 0.396 bits per heavy atom. The third kappa shape index (κ3) is 74.2. The van der Waals surface area contributed by atoms with Gasteiger partial charge in [-0.25, -0.2) is 0 Å². The summed E-state index contributed by atoms with van der Waals surface area (Å²) in [7, 11) is 1.30. The van der Waals surface area contributed by atoms with Crippen LogP contribution >= 0.6 is 7.82 Å². The Labute approximate surface area is 564 Å². The Hall–Kier alpha value is -3.10. The van der Waals surface area contributed by atoms with E-state index in [0.29, 0.717) is 23.9 Å². The Morgan fingerprint density at radius 3 is 0.978 bits per heavy atom. The van der Waals surface area contributed by atoms with Crippen molar-refractivity contribution >= 4 is 13.7 Å². The summed E-state index contributed by atoms with van der Waals surface area (Å²) >= 11 is 0. The summed E-state index contributed by atoms with van der Waals surface area (Å²) in [4.78, 5) is 25.7. The molecule has 0 spiro atoms. The van der Waals surface area contributed by atoms with E-state index in [-0.39, 0.29) is 19.1 Å². The number of carbonyl (C=O) groups is 1. The van der Waals surface area contributed by atoms with E-state index in [2.05, 4.69) is 141 Å². The molecule has 2 N–H and O–H groups in total. The maximum atomic E-state index is 13.1. The van der Waals surface area contributed by atoms with Crippen LogP contribution in [0.15, 0.2) is 122 Å². The number of likely N-dealkylation sites (N-methyl/N-ethyl adjacent to an activating group) is 1. The van der Waals surface area contributed by atoms with Gasteiger partial charge in [0.2, 0.25) is 5.91 Å². The second-order valence-electron chi connectivity index (χ2n) is 27.0. The van der Waals surface area contributed by atoms with Gasteiger partial charge in [-0.15, -0.1) is 0 Å². The van der Waals surface area contributed by atoms with Crippen LogP contribution in [0.1, 0.15) is 341 Å². The fourth-order valence-electron chi connectivity index (χ4n) is 11.1. The summed E-state index contributed by atoms with van der Waals surface area (Å²) in [5.74, 6) is -0.169. The molecule has 0 saturated heterocycles. The molecule has 0 aromatic heterocycles. The van der Waals surface area contributed by atoms with Gasteiger partial charge in [0.15, 0.2) is 0 Å². The zero-order valence-corrected chi connectivity index (χ0v) is 61.2. The molecule has 1 amide bonds. The highest BCUT2D eigenvalue weighted by Gasteiger charge is 2.24. The molecule has 526 valence electrons. The van der Waals surface area contributed by atoms with Crippen molar-refractivity contribution in [1.29, 1.82) is 0 Å². The van der Waals surface area contributed by atoms with E-state index < -0.39 is 20.0 Å². The van der Waals surface area contributed by atoms with Gasteiger partial charge in [0.05, 0.1) is 39.9 Å². The van der Waals surface area contributed by atoms with E-state index in [1.54, 1.807) is 0 Å². The molecule has 0 saturated carbocycles. The minimum atomic E-state index is -4.59.